The minimum Gasteiger partial charge on any atom is -0.465 e. The molecule has 2 heterocycles. The average molecular weight is 341 g/mol. The highest BCUT2D eigenvalue weighted by Gasteiger charge is 2.15. The SMILES string of the molecule is CCOC(=O)Cn1ccc(NC(=O)c2cc3ccccc3oc2=O)n1. The number of para-hydroxylation sites is 1. The minimum atomic E-state index is -0.734. The van der Waals surface area contributed by atoms with E-state index >= 15 is 0 Å². The van der Waals surface area contributed by atoms with Gasteiger partial charge in [0.15, 0.2) is 5.82 Å². The molecule has 1 amide bonds. The maximum absolute atomic E-state index is 12.3. The van der Waals surface area contributed by atoms with Crippen molar-refractivity contribution in [1.82, 2.24) is 9.78 Å². The van der Waals surface area contributed by atoms with Crippen LogP contribution in [0, 0.1) is 0 Å². The zero-order valence-corrected chi connectivity index (χ0v) is 13.4. The second-order valence-corrected chi connectivity index (χ2v) is 5.14. The number of anilines is 1. The van der Waals surface area contributed by atoms with Crippen LogP contribution in [0.4, 0.5) is 5.82 Å². The van der Waals surface area contributed by atoms with Gasteiger partial charge in [-0.25, -0.2) is 4.79 Å². The van der Waals surface area contributed by atoms with Crippen molar-refractivity contribution in [2.75, 3.05) is 11.9 Å². The molecule has 0 fully saturated rings. The monoisotopic (exact) mass is 341 g/mol. The van der Waals surface area contributed by atoms with Gasteiger partial charge in [-0.05, 0) is 19.1 Å². The van der Waals surface area contributed by atoms with Gasteiger partial charge in [0, 0.05) is 17.6 Å². The Morgan fingerprint density at radius 2 is 2.08 bits per heavy atom. The van der Waals surface area contributed by atoms with Gasteiger partial charge in [0.25, 0.3) is 5.91 Å². The lowest BCUT2D eigenvalue weighted by molar-refractivity contribution is -0.144. The molecule has 0 bridgehead atoms. The number of carbonyl (C=O) groups excluding carboxylic acids is 2. The number of aromatic nitrogens is 2. The summed E-state index contributed by atoms with van der Waals surface area (Å²) in [6.45, 7) is 1.92. The summed E-state index contributed by atoms with van der Waals surface area (Å²) in [5, 5.41) is 7.19. The van der Waals surface area contributed by atoms with Crippen molar-refractivity contribution in [2.24, 2.45) is 0 Å². The molecule has 1 aromatic carbocycles. The van der Waals surface area contributed by atoms with Crippen molar-refractivity contribution in [3.05, 3.63) is 58.6 Å². The molecule has 2 aromatic heterocycles. The van der Waals surface area contributed by atoms with E-state index in [1.807, 2.05) is 0 Å². The standard InChI is InChI=1S/C17H15N3O5/c1-2-24-15(21)10-20-8-7-14(19-20)18-16(22)12-9-11-5-3-4-6-13(11)25-17(12)23/h3-9H,2,10H2,1H3,(H,18,19,22). The molecule has 3 rings (SSSR count). The fourth-order valence-corrected chi connectivity index (χ4v) is 2.26. The summed E-state index contributed by atoms with van der Waals surface area (Å²) in [6.07, 6.45) is 1.52. The molecule has 0 aliphatic heterocycles. The molecule has 0 aliphatic carbocycles. The van der Waals surface area contributed by atoms with E-state index in [2.05, 4.69) is 10.4 Å². The summed E-state index contributed by atoms with van der Waals surface area (Å²) < 4.78 is 11.3. The highest BCUT2D eigenvalue weighted by atomic mass is 16.5. The van der Waals surface area contributed by atoms with Crippen LogP contribution in [0.15, 0.2) is 51.8 Å². The first-order valence-corrected chi connectivity index (χ1v) is 7.60. The minimum absolute atomic E-state index is 0.0676. The molecular weight excluding hydrogens is 326 g/mol. The van der Waals surface area contributed by atoms with Gasteiger partial charge in [-0.3, -0.25) is 14.3 Å². The third-order valence-corrected chi connectivity index (χ3v) is 3.36. The summed E-state index contributed by atoms with van der Waals surface area (Å²) in [7, 11) is 0. The Hall–Kier alpha value is -3.42. The Balaban J connectivity index is 1.76. The average Bonchev–Trinajstić information content (AvgIpc) is 3.01. The number of hydrogen-bond acceptors (Lipinski definition) is 6. The normalized spacial score (nSPS) is 10.6. The van der Waals surface area contributed by atoms with Crippen LogP contribution in [0.2, 0.25) is 0 Å². The van der Waals surface area contributed by atoms with E-state index in [1.54, 1.807) is 31.2 Å². The number of amides is 1. The molecule has 0 unspecified atom stereocenters. The highest BCUT2D eigenvalue weighted by molar-refractivity contribution is 6.04. The predicted octanol–water partition coefficient (Wildman–Crippen LogP) is 1.80. The third kappa shape index (κ3) is 3.74. The molecule has 25 heavy (non-hydrogen) atoms. The fourth-order valence-electron chi connectivity index (χ4n) is 2.26. The zero-order chi connectivity index (χ0) is 17.8. The fraction of sp³-hybridized carbons (Fsp3) is 0.176. The second-order valence-electron chi connectivity index (χ2n) is 5.14. The number of ether oxygens (including phenoxy) is 1. The van der Waals surface area contributed by atoms with Crippen LogP contribution in [-0.2, 0) is 16.1 Å². The van der Waals surface area contributed by atoms with Crippen molar-refractivity contribution < 1.29 is 18.7 Å². The van der Waals surface area contributed by atoms with Crippen LogP contribution in [0.5, 0.6) is 0 Å². The molecule has 0 atom stereocenters. The van der Waals surface area contributed by atoms with Gasteiger partial charge in [0.1, 0.15) is 17.7 Å². The van der Waals surface area contributed by atoms with Gasteiger partial charge in [0.05, 0.1) is 6.61 Å². The van der Waals surface area contributed by atoms with Gasteiger partial charge in [-0.2, -0.15) is 5.10 Å². The number of benzene rings is 1. The number of nitrogens with one attached hydrogen (secondary N) is 1. The van der Waals surface area contributed by atoms with Crippen LogP contribution >= 0.6 is 0 Å². The maximum Gasteiger partial charge on any atom is 0.349 e. The largest absolute Gasteiger partial charge is 0.465 e. The summed E-state index contributed by atoms with van der Waals surface area (Å²) in [5.74, 6) is -0.860. The first-order valence-electron chi connectivity index (χ1n) is 7.60. The quantitative estimate of drug-likeness (QED) is 0.561. The smallest absolute Gasteiger partial charge is 0.349 e. The third-order valence-electron chi connectivity index (χ3n) is 3.36. The van der Waals surface area contributed by atoms with E-state index in [-0.39, 0.29) is 24.5 Å². The maximum atomic E-state index is 12.3. The topological polar surface area (TPSA) is 103 Å². The van der Waals surface area contributed by atoms with Crippen molar-refractivity contribution in [1.29, 1.82) is 0 Å². The van der Waals surface area contributed by atoms with Crippen LogP contribution in [-0.4, -0.2) is 28.3 Å². The molecule has 0 spiro atoms. The molecule has 128 valence electrons. The summed E-state index contributed by atoms with van der Waals surface area (Å²) in [5.41, 5.74) is -0.455. The van der Waals surface area contributed by atoms with Gasteiger partial charge < -0.3 is 14.5 Å². The number of rotatable bonds is 5. The Labute approximate surface area is 142 Å². The molecule has 3 aromatic rings. The van der Waals surface area contributed by atoms with Crippen LogP contribution in [0.25, 0.3) is 11.0 Å². The van der Waals surface area contributed by atoms with E-state index in [4.69, 9.17) is 9.15 Å². The predicted molar refractivity (Wildman–Crippen MR) is 89.3 cm³/mol. The Morgan fingerprint density at radius 1 is 1.28 bits per heavy atom. The highest BCUT2D eigenvalue weighted by Crippen LogP contribution is 2.13. The van der Waals surface area contributed by atoms with Crippen molar-refractivity contribution in [2.45, 2.75) is 13.5 Å². The van der Waals surface area contributed by atoms with Crippen LogP contribution in [0.3, 0.4) is 0 Å². The Bertz CT molecular complexity index is 989. The van der Waals surface area contributed by atoms with Crippen molar-refractivity contribution in [3.8, 4) is 0 Å². The lowest BCUT2D eigenvalue weighted by Crippen LogP contribution is -2.21. The van der Waals surface area contributed by atoms with Crippen molar-refractivity contribution >= 4 is 28.7 Å². The number of carbonyl (C=O) groups is 2. The lowest BCUT2D eigenvalue weighted by atomic mass is 10.2. The summed E-state index contributed by atoms with van der Waals surface area (Å²) in [6, 6.07) is 9.88. The van der Waals surface area contributed by atoms with E-state index in [0.717, 1.165) is 0 Å². The lowest BCUT2D eigenvalue weighted by Gasteiger charge is -2.03. The zero-order valence-electron chi connectivity index (χ0n) is 13.4. The van der Waals surface area contributed by atoms with Gasteiger partial charge in [0.2, 0.25) is 0 Å². The molecule has 0 radical (unpaired) electrons. The van der Waals surface area contributed by atoms with E-state index < -0.39 is 17.5 Å². The van der Waals surface area contributed by atoms with Gasteiger partial charge in [-0.15, -0.1) is 0 Å². The van der Waals surface area contributed by atoms with Gasteiger partial charge >= 0.3 is 11.6 Å². The van der Waals surface area contributed by atoms with E-state index in [0.29, 0.717) is 11.0 Å². The molecule has 0 aliphatic rings. The molecule has 1 N–H and O–H groups in total. The van der Waals surface area contributed by atoms with E-state index in [9.17, 15) is 14.4 Å². The summed E-state index contributed by atoms with van der Waals surface area (Å²) >= 11 is 0. The molecule has 8 heteroatoms. The van der Waals surface area contributed by atoms with Crippen LogP contribution < -0.4 is 10.9 Å². The van der Waals surface area contributed by atoms with Crippen molar-refractivity contribution in [3.63, 3.8) is 0 Å². The second kappa shape index (κ2) is 7.00. The molecular formula is C17H15N3O5. The molecule has 8 nitrogen and oxygen atoms in total. The number of fused-ring (bicyclic) bond motifs is 1. The number of nitrogens with zero attached hydrogens (tertiary/aromatic N) is 2. The first-order chi connectivity index (χ1) is 12.1. The number of esters is 1. The molecule has 0 saturated carbocycles. The molecule has 0 saturated heterocycles. The Kier molecular flexibility index (Phi) is 4.60. The Morgan fingerprint density at radius 3 is 2.88 bits per heavy atom. The summed E-state index contributed by atoms with van der Waals surface area (Å²) in [4.78, 5) is 35.7. The van der Waals surface area contributed by atoms with Gasteiger partial charge in [-0.1, -0.05) is 18.2 Å². The van der Waals surface area contributed by atoms with Crippen LogP contribution in [0.1, 0.15) is 17.3 Å². The van der Waals surface area contributed by atoms with E-state index in [1.165, 1.54) is 23.0 Å². The number of hydrogen-bond donors (Lipinski definition) is 1. The first kappa shape index (κ1) is 16.4.